The van der Waals surface area contributed by atoms with Crippen LogP contribution in [0, 0.1) is 0 Å². The molecule has 0 aliphatic heterocycles. The molecule has 2 N–H and O–H groups in total. The lowest BCUT2D eigenvalue weighted by molar-refractivity contribution is 0.00643. The first-order chi connectivity index (χ1) is 15.7. The fourth-order valence-electron chi connectivity index (χ4n) is 4.73. The Morgan fingerprint density at radius 3 is 2.75 bits per heavy atom. The van der Waals surface area contributed by atoms with Crippen LogP contribution in [-0.4, -0.2) is 42.2 Å². The van der Waals surface area contributed by atoms with Gasteiger partial charge in [0, 0.05) is 19.1 Å². The topological polar surface area (TPSA) is 77.4 Å². The van der Waals surface area contributed by atoms with Gasteiger partial charge in [-0.2, -0.15) is 5.10 Å². The van der Waals surface area contributed by atoms with Gasteiger partial charge in [-0.05, 0) is 42.5 Å². The summed E-state index contributed by atoms with van der Waals surface area (Å²) < 4.78 is 13.0. The number of methoxy groups -OCH3 is 1. The standard InChI is InChI=1S/C25H28N4O3/c1-31-14-15-32-22-16-17-8-5-6-11-19(17)23(22)26-25(30)27-24-20-12-7-13-21(20)28-29(24)18-9-3-2-4-10-18/h2-6,8-11,22-23H,7,12-16H2,1H3,(H2,26,27,30)/t22-,23-/m1/s1. The molecule has 1 aromatic heterocycles. The minimum atomic E-state index is -0.251. The Labute approximate surface area is 187 Å². The Bertz CT molecular complexity index is 1100. The number of anilines is 1. The molecule has 32 heavy (non-hydrogen) atoms. The molecular weight excluding hydrogens is 404 g/mol. The number of hydrogen-bond donors (Lipinski definition) is 2. The number of carbonyl (C=O) groups is 1. The van der Waals surface area contributed by atoms with Crippen LogP contribution in [0.1, 0.15) is 34.8 Å². The number of para-hydroxylation sites is 1. The van der Waals surface area contributed by atoms with Crippen LogP contribution in [0.4, 0.5) is 10.6 Å². The van der Waals surface area contributed by atoms with Crippen LogP contribution >= 0.6 is 0 Å². The fourth-order valence-corrected chi connectivity index (χ4v) is 4.73. The van der Waals surface area contributed by atoms with E-state index in [9.17, 15) is 4.79 Å². The summed E-state index contributed by atoms with van der Waals surface area (Å²) in [7, 11) is 1.66. The van der Waals surface area contributed by atoms with Gasteiger partial charge in [0.1, 0.15) is 5.82 Å². The van der Waals surface area contributed by atoms with Gasteiger partial charge in [-0.3, -0.25) is 5.32 Å². The number of aromatic nitrogens is 2. The van der Waals surface area contributed by atoms with Gasteiger partial charge in [-0.1, -0.05) is 42.5 Å². The van der Waals surface area contributed by atoms with Gasteiger partial charge in [0.25, 0.3) is 0 Å². The van der Waals surface area contributed by atoms with E-state index in [-0.39, 0.29) is 18.2 Å². The van der Waals surface area contributed by atoms with Gasteiger partial charge in [-0.15, -0.1) is 0 Å². The van der Waals surface area contributed by atoms with E-state index < -0.39 is 0 Å². The smallest absolute Gasteiger partial charge is 0.320 e. The number of carbonyl (C=O) groups excluding carboxylic acids is 1. The fraction of sp³-hybridized carbons (Fsp3) is 0.360. The highest BCUT2D eigenvalue weighted by Gasteiger charge is 2.34. The molecule has 0 radical (unpaired) electrons. The summed E-state index contributed by atoms with van der Waals surface area (Å²) >= 11 is 0. The van der Waals surface area contributed by atoms with Gasteiger partial charge >= 0.3 is 6.03 Å². The van der Waals surface area contributed by atoms with E-state index >= 15 is 0 Å². The van der Waals surface area contributed by atoms with Crippen molar-refractivity contribution in [1.82, 2.24) is 15.1 Å². The van der Waals surface area contributed by atoms with Gasteiger partial charge in [0.2, 0.25) is 0 Å². The number of ether oxygens (including phenoxy) is 2. The third-order valence-corrected chi connectivity index (χ3v) is 6.23. The number of aryl methyl sites for hydroxylation is 1. The predicted octanol–water partition coefficient (Wildman–Crippen LogP) is 3.81. The molecule has 2 aliphatic carbocycles. The number of nitrogens with zero attached hydrogens (tertiary/aromatic N) is 2. The van der Waals surface area contributed by atoms with Crippen molar-refractivity contribution in [3.05, 3.63) is 77.0 Å². The van der Waals surface area contributed by atoms with E-state index in [0.29, 0.717) is 13.2 Å². The zero-order valence-electron chi connectivity index (χ0n) is 18.2. The largest absolute Gasteiger partial charge is 0.382 e. The Balaban J connectivity index is 1.37. The molecule has 0 unspecified atom stereocenters. The number of rotatable bonds is 7. The van der Waals surface area contributed by atoms with Crippen LogP contribution in [-0.2, 0) is 28.7 Å². The van der Waals surface area contributed by atoms with Crippen molar-refractivity contribution in [1.29, 1.82) is 0 Å². The first kappa shape index (κ1) is 20.7. The molecule has 0 fully saturated rings. The molecule has 2 amide bonds. The highest BCUT2D eigenvalue weighted by molar-refractivity contribution is 5.90. The van der Waals surface area contributed by atoms with E-state index in [0.717, 1.165) is 54.0 Å². The van der Waals surface area contributed by atoms with Crippen molar-refractivity contribution < 1.29 is 14.3 Å². The second-order valence-electron chi connectivity index (χ2n) is 8.26. The molecule has 5 rings (SSSR count). The summed E-state index contributed by atoms with van der Waals surface area (Å²) in [5.74, 6) is 0.754. The number of amides is 2. The Morgan fingerprint density at radius 1 is 1.09 bits per heavy atom. The molecule has 7 nitrogen and oxygen atoms in total. The number of nitrogens with one attached hydrogen (secondary N) is 2. The average molecular weight is 433 g/mol. The minimum Gasteiger partial charge on any atom is -0.382 e. The van der Waals surface area contributed by atoms with Crippen LogP contribution in [0.2, 0.25) is 0 Å². The minimum absolute atomic E-state index is 0.127. The molecule has 166 valence electrons. The van der Waals surface area contributed by atoms with E-state index in [1.807, 2.05) is 47.1 Å². The van der Waals surface area contributed by atoms with Crippen molar-refractivity contribution in [2.24, 2.45) is 0 Å². The van der Waals surface area contributed by atoms with E-state index in [1.165, 1.54) is 5.56 Å². The second-order valence-corrected chi connectivity index (χ2v) is 8.26. The van der Waals surface area contributed by atoms with Crippen LogP contribution in [0.3, 0.4) is 0 Å². The van der Waals surface area contributed by atoms with Gasteiger partial charge < -0.3 is 14.8 Å². The van der Waals surface area contributed by atoms with Crippen molar-refractivity contribution in [3.8, 4) is 5.69 Å². The molecular formula is C25H28N4O3. The maximum Gasteiger partial charge on any atom is 0.320 e. The molecule has 2 atom stereocenters. The van der Waals surface area contributed by atoms with Crippen molar-refractivity contribution >= 4 is 11.8 Å². The van der Waals surface area contributed by atoms with Gasteiger partial charge in [0.15, 0.2) is 0 Å². The first-order valence-electron chi connectivity index (χ1n) is 11.2. The van der Waals surface area contributed by atoms with Crippen molar-refractivity contribution in [2.75, 3.05) is 25.6 Å². The number of benzene rings is 2. The second kappa shape index (κ2) is 9.14. The molecule has 0 saturated heterocycles. The van der Waals surface area contributed by atoms with E-state index in [1.54, 1.807) is 7.11 Å². The molecule has 2 aliphatic rings. The molecule has 0 spiro atoms. The van der Waals surface area contributed by atoms with Crippen LogP contribution in [0.5, 0.6) is 0 Å². The maximum absolute atomic E-state index is 13.2. The lowest BCUT2D eigenvalue weighted by Gasteiger charge is -2.23. The molecule has 0 bridgehead atoms. The zero-order chi connectivity index (χ0) is 21.9. The van der Waals surface area contributed by atoms with Gasteiger partial charge in [0.05, 0.1) is 36.7 Å². The van der Waals surface area contributed by atoms with E-state index in [2.05, 4.69) is 22.8 Å². The summed E-state index contributed by atoms with van der Waals surface area (Å²) in [4.78, 5) is 13.2. The summed E-state index contributed by atoms with van der Waals surface area (Å²) in [5.41, 5.74) is 5.44. The highest BCUT2D eigenvalue weighted by atomic mass is 16.5. The Morgan fingerprint density at radius 2 is 1.91 bits per heavy atom. The maximum atomic E-state index is 13.2. The Kier molecular flexibility index (Phi) is 5.92. The van der Waals surface area contributed by atoms with E-state index in [4.69, 9.17) is 14.6 Å². The third-order valence-electron chi connectivity index (χ3n) is 6.23. The molecule has 0 saturated carbocycles. The predicted molar refractivity (Wildman–Crippen MR) is 122 cm³/mol. The summed E-state index contributed by atoms with van der Waals surface area (Å²) in [6, 6.07) is 17.6. The zero-order valence-corrected chi connectivity index (χ0v) is 18.2. The molecule has 1 heterocycles. The van der Waals surface area contributed by atoms with Crippen LogP contribution < -0.4 is 10.6 Å². The third kappa shape index (κ3) is 4.01. The first-order valence-corrected chi connectivity index (χ1v) is 11.2. The Hall–Kier alpha value is -3.16. The SMILES string of the molecule is COCCO[C@@H]1Cc2ccccc2[C@H]1NC(=O)Nc1c2c(nn1-c1ccccc1)CCC2. The summed E-state index contributed by atoms with van der Waals surface area (Å²) in [5, 5.41) is 11.1. The lowest BCUT2D eigenvalue weighted by Crippen LogP contribution is -2.38. The van der Waals surface area contributed by atoms with Crippen molar-refractivity contribution in [3.63, 3.8) is 0 Å². The average Bonchev–Trinajstić information content (AvgIpc) is 3.50. The summed E-state index contributed by atoms with van der Waals surface area (Å²) in [6.07, 6.45) is 3.57. The van der Waals surface area contributed by atoms with Crippen LogP contribution in [0.25, 0.3) is 5.69 Å². The molecule has 3 aromatic rings. The highest BCUT2D eigenvalue weighted by Crippen LogP contribution is 2.34. The number of urea groups is 1. The van der Waals surface area contributed by atoms with Crippen molar-refractivity contribution in [2.45, 2.75) is 37.8 Å². The molecule has 2 aromatic carbocycles. The number of hydrogen-bond acceptors (Lipinski definition) is 4. The normalized spacial score (nSPS) is 18.9. The lowest BCUT2D eigenvalue weighted by atomic mass is 10.1. The van der Waals surface area contributed by atoms with Gasteiger partial charge in [-0.25, -0.2) is 9.48 Å². The summed E-state index contributed by atoms with van der Waals surface area (Å²) in [6.45, 7) is 1.01. The monoisotopic (exact) mass is 432 g/mol. The van der Waals surface area contributed by atoms with Crippen LogP contribution in [0.15, 0.2) is 54.6 Å². The molecule has 7 heteroatoms. The number of fused-ring (bicyclic) bond motifs is 2. The quantitative estimate of drug-likeness (QED) is 0.557.